The zero-order chi connectivity index (χ0) is 31.8. The smallest absolute Gasteiger partial charge is 0.238 e. The summed E-state index contributed by atoms with van der Waals surface area (Å²) in [6, 6.07) is 0. The van der Waals surface area contributed by atoms with Gasteiger partial charge >= 0.3 is 0 Å². The zero-order valence-corrected chi connectivity index (χ0v) is 31.7. The first-order chi connectivity index (χ1) is 17.9. The topological polar surface area (TPSA) is 150 Å². The molecule has 254 valence electrons. The van der Waals surface area contributed by atoms with Crippen molar-refractivity contribution in [3.63, 3.8) is 0 Å². The van der Waals surface area contributed by atoms with Gasteiger partial charge in [0.2, 0.25) is 47.3 Å². The molecule has 12 nitrogen and oxygen atoms in total. The van der Waals surface area contributed by atoms with Gasteiger partial charge in [-0.15, -0.1) is 0 Å². The van der Waals surface area contributed by atoms with E-state index >= 15 is 0 Å². The van der Waals surface area contributed by atoms with E-state index in [1.54, 1.807) is 0 Å². The quantitative estimate of drug-likeness (QED) is 0.252. The number of β-lactam (4-membered cyclic amide) rings is 8. The minimum absolute atomic E-state index is 0. The SMILES string of the molecule is C.C.C.C.CC.CC.CC.CC.CN1C(=O)CC1=O.CN1C(=O)CC1=O.CN1C(=O)CC1=O.CN1C(=O)CC1=O.[2H]C.[Y].[Y]. The zero-order valence-electron chi connectivity index (χ0n) is 27.0. The molecule has 2 radical (unpaired) electrons. The average Bonchev–Trinajstić information content (AvgIpc) is 2.99. The minimum Gasteiger partial charge on any atom is -0.285 e. The number of hydrogen-bond donors (Lipinski definition) is 0. The molecule has 0 aromatic rings. The molecule has 4 heterocycles. The fourth-order valence-electron chi connectivity index (χ4n) is 1.66. The Balaban J connectivity index is -0.0000000321. The van der Waals surface area contributed by atoms with Crippen molar-refractivity contribution in [1.29, 1.82) is 0 Å². The van der Waals surface area contributed by atoms with E-state index in [9.17, 15) is 38.4 Å². The molecule has 0 spiro atoms. The van der Waals surface area contributed by atoms with Gasteiger partial charge in [-0.2, -0.15) is 0 Å². The molecular formula is C29H64N4O8Y2. The van der Waals surface area contributed by atoms with Gasteiger partial charge in [-0.1, -0.05) is 92.5 Å². The number of amides is 8. The molecule has 4 aliphatic rings. The van der Waals surface area contributed by atoms with Gasteiger partial charge in [-0.05, 0) is 0 Å². The Hall–Kier alpha value is -1.23. The molecule has 0 bridgehead atoms. The Bertz CT molecular complexity index is 617. The molecule has 0 saturated carbocycles. The van der Waals surface area contributed by atoms with Gasteiger partial charge in [0.15, 0.2) is 0 Å². The van der Waals surface area contributed by atoms with Gasteiger partial charge in [-0.25, -0.2) is 0 Å². The molecule has 4 fully saturated rings. The van der Waals surface area contributed by atoms with Crippen LogP contribution in [0.3, 0.4) is 0 Å². The summed E-state index contributed by atoms with van der Waals surface area (Å²) in [5, 5.41) is 0. The predicted molar refractivity (Wildman–Crippen MR) is 169 cm³/mol. The van der Waals surface area contributed by atoms with Gasteiger partial charge in [0.1, 0.15) is 25.7 Å². The molecule has 0 aliphatic carbocycles. The van der Waals surface area contributed by atoms with Gasteiger partial charge in [0.25, 0.3) is 0 Å². The van der Waals surface area contributed by atoms with E-state index in [-0.39, 0.29) is 168 Å². The predicted octanol–water partition coefficient (Wildman–Crippen LogP) is 4.78. The van der Waals surface area contributed by atoms with Crippen molar-refractivity contribution < 1.29 is 105 Å². The minimum atomic E-state index is -0.0787. The summed E-state index contributed by atoms with van der Waals surface area (Å²) in [5.74, 6) is -0.630. The summed E-state index contributed by atoms with van der Waals surface area (Å²) >= 11 is 0. The molecule has 4 aliphatic heterocycles. The van der Waals surface area contributed by atoms with Gasteiger partial charge in [-0.3, -0.25) is 58.0 Å². The van der Waals surface area contributed by atoms with Crippen LogP contribution in [0.15, 0.2) is 0 Å². The summed E-state index contributed by atoms with van der Waals surface area (Å²) in [5.41, 5.74) is 0. The average molecular weight is 776 g/mol. The van der Waals surface area contributed by atoms with Crippen molar-refractivity contribution >= 4 is 47.3 Å². The molecule has 43 heavy (non-hydrogen) atoms. The molecule has 8 amide bonds. The van der Waals surface area contributed by atoms with Crippen LogP contribution in [0.2, 0.25) is 0 Å². The van der Waals surface area contributed by atoms with Crippen molar-refractivity contribution in [3.05, 3.63) is 0 Å². The number of rotatable bonds is 0. The second kappa shape index (κ2) is 42.9. The molecular weight excluding hydrogens is 710 g/mol. The molecule has 4 rings (SSSR count). The standard InChI is InChI=1S/4C4H5NO2.4C2H6.5CH4.2Y/c4*1-5-3(6)2-4(5)7;4*1-2;;;;;;;/h4*2H2,1H3;4*1-2H3;5*1H4;;/i;;;;;;;;1D;;;;;;. The summed E-state index contributed by atoms with van der Waals surface area (Å²) in [7, 11) is 7.17. The Morgan fingerprint density at radius 3 is 0.419 bits per heavy atom. The van der Waals surface area contributed by atoms with E-state index in [1.165, 1.54) is 35.6 Å². The van der Waals surface area contributed by atoms with Crippen molar-refractivity contribution in [2.45, 2.75) is 118 Å². The number of carbonyl (C=O) groups excluding carboxylic acids is 8. The summed E-state index contributed by atoms with van der Waals surface area (Å²) in [6.45, 7) is 16.0. The van der Waals surface area contributed by atoms with Gasteiger partial charge < -0.3 is 0 Å². The normalized spacial score (nSPS) is 13.7. The maximum Gasteiger partial charge on any atom is 0.238 e. The van der Waals surface area contributed by atoms with E-state index in [0.717, 1.165) is 19.6 Å². The van der Waals surface area contributed by atoms with Crippen molar-refractivity contribution in [2.75, 3.05) is 28.2 Å². The molecule has 14 heteroatoms. The third kappa shape index (κ3) is 28.0. The van der Waals surface area contributed by atoms with E-state index in [0.29, 0.717) is 0 Å². The fraction of sp³-hybridized carbons (Fsp3) is 0.724. The van der Waals surface area contributed by atoms with E-state index < -0.39 is 0 Å². The Labute approximate surface area is 316 Å². The number of nitrogens with zero attached hydrogens (tertiary/aromatic N) is 4. The fourth-order valence-corrected chi connectivity index (χ4v) is 1.66. The Kier molecular flexibility index (Phi) is 68.6. The van der Waals surface area contributed by atoms with E-state index in [2.05, 4.69) is 0 Å². The third-order valence-electron chi connectivity index (χ3n) is 4.20. The maximum absolute atomic E-state index is 10.1. The van der Waals surface area contributed by atoms with Crippen LogP contribution in [0.25, 0.3) is 0 Å². The van der Waals surface area contributed by atoms with Crippen molar-refractivity contribution in [3.8, 4) is 0 Å². The third-order valence-corrected chi connectivity index (χ3v) is 4.20. The van der Waals surface area contributed by atoms with Crippen molar-refractivity contribution in [2.24, 2.45) is 0 Å². The second-order valence-corrected chi connectivity index (χ2v) is 6.09. The maximum atomic E-state index is 10.1. The Morgan fingerprint density at radius 2 is 0.419 bits per heavy atom. The van der Waals surface area contributed by atoms with Crippen LogP contribution >= 0.6 is 0 Å². The number of imide groups is 4. The number of hydrogen-bond acceptors (Lipinski definition) is 8. The number of likely N-dealkylation sites (tertiary alicyclic amines) is 4. The molecule has 0 aromatic carbocycles. The summed E-state index contributed by atoms with van der Waals surface area (Å²) in [6.07, 6.45) is 0.431. The largest absolute Gasteiger partial charge is 0.285 e. The van der Waals surface area contributed by atoms with Crippen LogP contribution in [-0.4, -0.2) is 95.0 Å². The first-order valence-electron chi connectivity index (χ1n) is 13.0. The second-order valence-electron chi connectivity index (χ2n) is 6.09. The van der Waals surface area contributed by atoms with Crippen LogP contribution in [0.4, 0.5) is 0 Å². The van der Waals surface area contributed by atoms with E-state index in [1.807, 2.05) is 55.4 Å². The summed E-state index contributed by atoms with van der Waals surface area (Å²) in [4.78, 5) is 85.6. The van der Waals surface area contributed by atoms with Gasteiger partial charge in [0.05, 0.1) is 0 Å². The Morgan fingerprint density at radius 1 is 0.349 bits per heavy atom. The molecule has 4 saturated heterocycles. The van der Waals surface area contributed by atoms with Crippen LogP contribution in [0.1, 0.15) is 120 Å². The number of carbonyl (C=O) groups is 8. The summed E-state index contributed by atoms with van der Waals surface area (Å²) < 4.78 is 5.75. The van der Waals surface area contributed by atoms with Crippen LogP contribution < -0.4 is 0 Å². The molecule has 0 aromatic heterocycles. The molecule has 0 atom stereocenters. The molecule has 0 unspecified atom stereocenters. The van der Waals surface area contributed by atoms with E-state index in [4.69, 9.17) is 1.37 Å². The van der Waals surface area contributed by atoms with Crippen LogP contribution in [0.5, 0.6) is 0 Å². The molecule has 0 N–H and O–H groups in total. The van der Waals surface area contributed by atoms with Crippen LogP contribution in [0, 0.1) is 0 Å². The van der Waals surface area contributed by atoms with Crippen LogP contribution in [-0.2, 0) is 104 Å². The monoisotopic (exact) mass is 775 g/mol. The first-order valence-corrected chi connectivity index (χ1v) is 12.0. The van der Waals surface area contributed by atoms with Gasteiger partial charge in [0, 0.05) is 95.0 Å². The first kappa shape index (κ1) is 68.8. The van der Waals surface area contributed by atoms with Crippen molar-refractivity contribution in [1.82, 2.24) is 19.6 Å².